The van der Waals surface area contributed by atoms with Crippen LogP contribution >= 0.6 is 34.1 Å². The Hall–Kier alpha value is -2.47. The van der Waals surface area contributed by atoms with E-state index in [1.807, 2.05) is 98.0 Å². The van der Waals surface area contributed by atoms with Gasteiger partial charge >= 0.3 is 75.7 Å². The molecule has 0 bridgehead atoms. The first kappa shape index (κ1) is 41.3. The number of phenolic OH excluding ortho intramolecular Hbond substituents is 2. The number of aromatic nitrogens is 1. The van der Waals surface area contributed by atoms with Gasteiger partial charge in [0.15, 0.2) is 0 Å². The SMILES string of the molecule is Cc1cc(C)c(O)c(C=NN2CCOCC2)c1.Oc1c(C=Nn2cccc2)cccc1-c1c2ccccc2cc2ccccc12.[Cl][Zr][Cl].[Cl][Zr][Cl]. The number of fused-ring (bicyclic) bond motifs is 2. The fourth-order valence-corrected chi connectivity index (χ4v) is 5.61. The molecule has 5 aromatic carbocycles. The van der Waals surface area contributed by atoms with Crippen molar-refractivity contribution >= 4 is 68.0 Å². The molecule has 0 aliphatic carbocycles. The van der Waals surface area contributed by atoms with Crippen LogP contribution in [-0.4, -0.2) is 58.6 Å². The number of hydrogen-bond donors (Lipinski definition) is 2. The van der Waals surface area contributed by atoms with E-state index in [9.17, 15) is 10.2 Å². The molecule has 2 N–H and O–H groups in total. The third-order valence-electron chi connectivity index (χ3n) is 7.85. The van der Waals surface area contributed by atoms with Crippen molar-refractivity contribution in [2.75, 3.05) is 26.3 Å². The minimum absolute atomic E-state index is 0.236. The molecule has 1 aliphatic heterocycles. The summed E-state index contributed by atoms with van der Waals surface area (Å²) < 4.78 is 6.96. The third kappa shape index (κ3) is 12.0. The van der Waals surface area contributed by atoms with E-state index in [1.54, 1.807) is 17.1 Å². The van der Waals surface area contributed by atoms with E-state index in [0.29, 0.717) is 11.3 Å². The molecule has 1 saturated heterocycles. The summed E-state index contributed by atoms with van der Waals surface area (Å²) in [5.74, 6) is 0.549. The molecule has 2 heterocycles. The van der Waals surface area contributed by atoms with Crippen LogP contribution < -0.4 is 0 Å². The quantitative estimate of drug-likeness (QED) is 0.133. The Morgan fingerprint density at radius 3 is 1.84 bits per heavy atom. The van der Waals surface area contributed by atoms with Gasteiger partial charge in [-0.05, 0) is 76.9 Å². The van der Waals surface area contributed by atoms with Gasteiger partial charge in [0.1, 0.15) is 11.5 Å². The number of para-hydroxylation sites is 1. The van der Waals surface area contributed by atoms with Crippen molar-refractivity contribution in [3.05, 3.63) is 132 Å². The van der Waals surface area contributed by atoms with E-state index in [0.717, 1.165) is 75.7 Å². The van der Waals surface area contributed by atoms with Gasteiger partial charge < -0.3 is 14.9 Å². The Balaban J connectivity index is 0.000000216. The van der Waals surface area contributed by atoms with Crippen molar-refractivity contribution in [2.24, 2.45) is 10.2 Å². The van der Waals surface area contributed by atoms with E-state index in [-0.39, 0.29) is 5.75 Å². The minimum atomic E-state index is -0.826. The Kier molecular flexibility index (Phi) is 17.7. The van der Waals surface area contributed by atoms with Crippen LogP contribution in [-0.2, 0) is 46.4 Å². The number of aryl methyl sites for hydroxylation is 2. The molecular weight excluding hydrogens is 885 g/mol. The number of nitrogens with zero attached hydrogens (tertiary/aromatic N) is 4. The van der Waals surface area contributed by atoms with Crippen molar-refractivity contribution < 1.29 is 56.6 Å². The number of phenols is 2. The molecule has 7 rings (SSSR count). The zero-order valence-corrected chi connectivity index (χ0v) is 35.9. The normalized spacial score (nSPS) is 12.5. The molecule has 1 aromatic heterocycles. The number of morpholine rings is 1. The van der Waals surface area contributed by atoms with Crippen LogP contribution in [0.15, 0.2) is 120 Å². The molecule has 7 nitrogen and oxygen atoms in total. The van der Waals surface area contributed by atoms with Gasteiger partial charge in [-0.15, -0.1) is 0 Å². The van der Waals surface area contributed by atoms with Gasteiger partial charge in [-0.3, -0.25) is 5.01 Å². The average molecular weight is 921 g/mol. The molecule has 0 radical (unpaired) electrons. The summed E-state index contributed by atoms with van der Waals surface area (Å²) in [5.41, 5.74) is 5.32. The molecule has 0 amide bonds. The third-order valence-corrected chi connectivity index (χ3v) is 7.85. The summed E-state index contributed by atoms with van der Waals surface area (Å²) in [6.07, 6.45) is 7.12. The van der Waals surface area contributed by atoms with E-state index in [4.69, 9.17) is 38.8 Å². The predicted octanol–water partition coefficient (Wildman–Crippen LogP) is 10.5. The van der Waals surface area contributed by atoms with Gasteiger partial charge in [0.05, 0.1) is 38.7 Å². The first-order valence-electron chi connectivity index (χ1n) is 15.8. The number of ether oxygens (including phenoxy) is 1. The molecule has 51 heavy (non-hydrogen) atoms. The van der Waals surface area contributed by atoms with E-state index < -0.39 is 41.7 Å². The molecule has 1 fully saturated rings. The number of aromatic hydroxyl groups is 2. The van der Waals surface area contributed by atoms with Gasteiger partial charge in [0.25, 0.3) is 0 Å². The van der Waals surface area contributed by atoms with Gasteiger partial charge in [0, 0.05) is 34.6 Å². The second kappa shape index (κ2) is 21.9. The number of hydrogen-bond acceptors (Lipinski definition) is 6. The van der Waals surface area contributed by atoms with Crippen LogP contribution in [0.5, 0.6) is 11.5 Å². The number of benzene rings is 5. The van der Waals surface area contributed by atoms with Gasteiger partial charge in [-0.25, -0.2) is 4.68 Å². The first-order chi connectivity index (χ1) is 24.8. The second-order valence-electron chi connectivity index (χ2n) is 11.2. The van der Waals surface area contributed by atoms with Crippen LogP contribution in [0, 0.1) is 13.8 Å². The fourth-order valence-electron chi connectivity index (χ4n) is 5.61. The molecule has 1 aliphatic rings. The molecule has 262 valence electrons. The monoisotopic (exact) mass is 916 g/mol. The summed E-state index contributed by atoms with van der Waals surface area (Å²) >= 11 is -1.65. The van der Waals surface area contributed by atoms with Crippen molar-refractivity contribution in [3.63, 3.8) is 0 Å². The van der Waals surface area contributed by atoms with Crippen LogP contribution in [0.1, 0.15) is 22.3 Å². The zero-order chi connectivity index (χ0) is 36.6. The Labute approximate surface area is 335 Å². The van der Waals surface area contributed by atoms with Gasteiger partial charge in [0.2, 0.25) is 0 Å². The summed E-state index contributed by atoms with van der Waals surface area (Å²) in [6, 6.07) is 32.3. The van der Waals surface area contributed by atoms with E-state index in [1.165, 1.54) is 0 Å². The molecule has 0 atom stereocenters. The van der Waals surface area contributed by atoms with Crippen molar-refractivity contribution in [1.29, 1.82) is 0 Å². The molecule has 0 unspecified atom stereocenters. The van der Waals surface area contributed by atoms with Crippen LogP contribution in [0.3, 0.4) is 0 Å². The first-order valence-corrected chi connectivity index (χ1v) is 28.5. The van der Waals surface area contributed by atoms with Gasteiger partial charge in [-0.1, -0.05) is 66.7 Å². The maximum absolute atomic E-state index is 11.1. The van der Waals surface area contributed by atoms with Crippen molar-refractivity contribution in [1.82, 2.24) is 9.69 Å². The standard InChI is InChI=1S/C25H18N2O.C13H18N2O2.4ClH.2Zr/c28-25-20(17-26-27-14-5-6-15-27)10-7-13-23(25)24-21-11-3-1-8-18(21)16-19-9-2-4-12-22(19)24;1-10-7-11(2)13(16)12(8-10)9-14-15-3-5-17-6-4-15;;;;;;/h1-17,28H;7-9,16H,3-6H2,1-2H3;4*1H;;/q;;;;;;2*+2/p-4. The maximum atomic E-state index is 11.1. The van der Waals surface area contributed by atoms with Crippen molar-refractivity contribution in [3.8, 4) is 22.6 Å². The zero-order valence-electron chi connectivity index (χ0n) is 28.0. The van der Waals surface area contributed by atoms with Gasteiger partial charge in [-0.2, -0.15) is 10.2 Å². The second-order valence-corrected chi connectivity index (χ2v) is 18.7. The van der Waals surface area contributed by atoms with Crippen molar-refractivity contribution in [2.45, 2.75) is 13.8 Å². The molecule has 13 heteroatoms. The summed E-state index contributed by atoms with van der Waals surface area (Å²) in [5, 5.41) is 36.3. The van der Waals surface area contributed by atoms with Crippen LogP contribution in [0.4, 0.5) is 0 Å². The summed E-state index contributed by atoms with van der Waals surface area (Å²) in [6.45, 7) is 6.96. The fraction of sp³-hybridized carbons (Fsp3) is 0.158. The van der Waals surface area contributed by atoms with E-state index >= 15 is 0 Å². The van der Waals surface area contributed by atoms with E-state index in [2.05, 4.69) is 40.5 Å². The van der Waals surface area contributed by atoms with Crippen LogP contribution in [0.2, 0.25) is 0 Å². The predicted molar refractivity (Wildman–Crippen MR) is 207 cm³/mol. The van der Waals surface area contributed by atoms with Crippen LogP contribution in [0.25, 0.3) is 32.7 Å². The number of hydrazone groups is 1. The Morgan fingerprint density at radius 1 is 0.667 bits per heavy atom. The molecule has 0 saturated carbocycles. The summed E-state index contributed by atoms with van der Waals surface area (Å²) in [4.78, 5) is 0. The average Bonchev–Trinajstić information content (AvgIpc) is 3.67. The topological polar surface area (TPSA) is 82.6 Å². The molecule has 0 spiro atoms. The number of halogens is 4. The number of rotatable bonds is 5. The Bertz CT molecular complexity index is 2000. The summed E-state index contributed by atoms with van der Waals surface area (Å²) in [7, 11) is 19.7. The Morgan fingerprint density at radius 2 is 1.24 bits per heavy atom. The molecule has 6 aromatic rings. The molecular formula is C38H36Cl4N4O3Zr2.